The fraction of sp³-hybridized carbons (Fsp3) is 0.636. The molecule has 1 unspecified atom stereocenters. The standard InChI is InChI=1S/C11H17N3O2S2/c1-2-16-11(15)9-10(12)14(7-13-9)5-8-6-17-3-4-18-8/h7-8H,2-6,12H2,1H3. The number of hydrogen-bond donors (Lipinski definition) is 1. The third kappa shape index (κ3) is 3.14. The number of rotatable bonds is 4. The molecule has 0 spiro atoms. The molecule has 2 rings (SSSR count). The van der Waals surface area contributed by atoms with Crippen LogP contribution in [0.1, 0.15) is 17.4 Å². The highest BCUT2D eigenvalue weighted by Crippen LogP contribution is 2.26. The van der Waals surface area contributed by atoms with E-state index in [9.17, 15) is 4.79 Å². The number of aromatic nitrogens is 2. The third-order valence-electron chi connectivity index (χ3n) is 2.63. The molecule has 0 amide bonds. The molecule has 2 N–H and O–H groups in total. The van der Waals surface area contributed by atoms with Crippen molar-refractivity contribution >= 4 is 35.3 Å². The van der Waals surface area contributed by atoms with E-state index in [4.69, 9.17) is 10.5 Å². The van der Waals surface area contributed by atoms with Gasteiger partial charge in [0, 0.05) is 29.1 Å². The Morgan fingerprint density at radius 2 is 2.50 bits per heavy atom. The summed E-state index contributed by atoms with van der Waals surface area (Å²) in [6, 6.07) is 0. The van der Waals surface area contributed by atoms with Crippen molar-refractivity contribution < 1.29 is 9.53 Å². The van der Waals surface area contributed by atoms with Crippen molar-refractivity contribution in [3.05, 3.63) is 12.0 Å². The van der Waals surface area contributed by atoms with Gasteiger partial charge >= 0.3 is 5.97 Å². The molecule has 0 radical (unpaired) electrons. The van der Waals surface area contributed by atoms with E-state index < -0.39 is 5.97 Å². The fourth-order valence-corrected chi connectivity index (χ4v) is 4.42. The summed E-state index contributed by atoms with van der Waals surface area (Å²) >= 11 is 3.92. The SMILES string of the molecule is CCOC(=O)c1ncn(CC2CSCCS2)c1N. The third-order valence-corrected chi connectivity index (χ3v) is 5.46. The van der Waals surface area contributed by atoms with Crippen LogP contribution in [-0.4, -0.2) is 44.6 Å². The number of esters is 1. The zero-order valence-electron chi connectivity index (χ0n) is 10.3. The lowest BCUT2D eigenvalue weighted by molar-refractivity contribution is 0.0521. The maximum absolute atomic E-state index is 11.6. The topological polar surface area (TPSA) is 70.1 Å². The van der Waals surface area contributed by atoms with Gasteiger partial charge in [-0.3, -0.25) is 0 Å². The van der Waals surface area contributed by atoms with Crippen LogP contribution < -0.4 is 5.73 Å². The molecular formula is C11H17N3O2S2. The summed E-state index contributed by atoms with van der Waals surface area (Å²) in [4.78, 5) is 15.6. The van der Waals surface area contributed by atoms with Crippen molar-refractivity contribution in [3.8, 4) is 0 Å². The van der Waals surface area contributed by atoms with E-state index >= 15 is 0 Å². The summed E-state index contributed by atoms with van der Waals surface area (Å²) in [5, 5.41) is 0.537. The summed E-state index contributed by atoms with van der Waals surface area (Å²) in [7, 11) is 0. The highest BCUT2D eigenvalue weighted by molar-refractivity contribution is 8.06. The predicted molar refractivity (Wildman–Crippen MR) is 76.2 cm³/mol. The Hall–Kier alpha value is -0.820. The average molecular weight is 287 g/mol. The minimum absolute atomic E-state index is 0.227. The molecule has 0 bridgehead atoms. The average Bonchev–Trinajstić information content (AvgIpc) is 2.73. The summed E-state index contributed by atoms with van der Waals surface area (Å²) in [5.74, 6) is 3.48. The van der Waals surface area contributed by atoms with Crippen LogP contribution in [0.4, 0.5) is 5.82 Å². The molecule has 0 aliphatic carbocycles. The predicted octanol–water partition coefficient (Wildman–Crippen LogP) is 1.49. The largest absolute Gasteiger partial charge is 0.461 e. The molecule has 1 saturated heterocycles. The number of imidazole rings is 1. The van der Waals surface area contributed by atoms with Crippen LogP contribution in [0.25, 0.3) is 0 Å². The maximum atomic E-state index is 11.6. The minimum atomic E-state index is -0.445. The number of carbonyl (C=O) groups is 1. The second-order valence-electron chi connectivity index (χ2n) is 3.92. The van der Waals surface area contributed by atoms with Gasteiger partial charge in [0.1, 0.15) is 5.82 Å². The molecule has 100 valence electrons. The zero-order valence-corrected chi connectivity index (χ0v) is 11.9. The van der Waals surface area contributed by atoms with Crippen LogP contribution in [0.5, 0.6) is 0 Å². The molecule has 1 fully saturated rings. The van der Waals surface area contributed by atoms with Crippen LogP contribution in [0, 0.1) is 0 Å². The summed E-state index contributed by atoms with van der Waals surface area (Å²) in [6.07, 6.45) is 1.63. The molecule has 1 aromatic rings. The van der Waals surface area contributed by atoms with E-state index in [2.05, 4.69) is 4.98 Å². The van der Waals surface area contributed by atoms with Crippen LogP contribution >= 0.6 is 23.5 Å². The van der Waals surface area contributed by atoms with Gasteiger partial charge in [-0.1, -0.05) is 0 Å². The van der Waals surface area contributed by atoms with Gasteiger partial charge in [-0.05, 0) is 6.92 Å². The second kappa shape index (κ2) is 6.38. The number of ether oxygens (including phenoxy) is 1. The smallest absolute Gasteiger partial charge is 0.360 e. The highest BCUT2D eigenvalue weighted by atomic mass is 32.2. The van der Waals surface area contributed by atoms with Crippen molar-refractivity contribution in [2.45, 2.75) is 18.7 Å². The molecule has 0 saturated carbocycles. The van der Waals surface area contributed by atoms with Crippen LogP contribution in [0.3, 0.4) is 0 Å². The number of carbonyl (C=O) groups excluding carboxylic acids is 1. The lowest BCUT2D eigenvalue weighted by Crippen LogP contribution is -2.21. The van der Waals surface area contributed by atoms with Gasteiger partial charge < -0.3 is 15.0 Å². The second-order valence-corrected chi connectivity index (χ2v) is 6.48. The van der Waals surface area contributed by atoms with E-state index in [-0.39, 0.29) is 5.69 Å². The molecule has 1 aliphatic heterocycles. The number of nitrogens with two attached hydrogens (primary N) is 1. The van der Waals surface area contributed by atoms with Crippen molar-refractivity contribution in [2.24, 2.45) is 0 Å². The van der Waals surface area contributed by atoms with Crippen LogP contribution in [0.2, 0.25) is 0 Å². The van der Waals surface area contributed by atoms with Crippen molar-refractivity contribution in [1.29, 1.82) is 0 Å². The summed E-state index contributed by atoms with van der Waals surface area (Å²) in [5.41, 5.74) is 6.16. The molecule has 1 aliphatic rings. The van der Waals surface area contributed by atoms with Crippen LogP contribution in [-0.2, 0) is 11.3 Å². The first kappa shape index (κ1) is 13.6. The van der Waals surface area contributed by atoms with Gasteiger partial charge in [0.2, 0.25) is 0 Å². The monoisotopic (exact) mass is 287 g/mol. The summed E-state index contributed by atoms with van der Waals surface area (Å²) < 4.78 is 6.75. The molecular weight excluding hydrogens is 270 g/mol. The number of thioether (sulfide) groups is 2. The van der Waals surface area contributed by atoms with Crippen molar-refractivity contribution in [1.82, 2.24) is 9.55 Å². The van der Waals surface area contributed by atoms with E-state index in [1.165, 1.54) is 11.5 Å². The Morgan fingerprint density at radius 1 is 1.67 bits per heavy atom. The minimum Gasteiger partial charge on any atom is -0.461 e. The lowest BCUT2D eigenvalue weighted by Gasteiger charge is -2.21. The quantitative estimate of drug-likeness (QED) is 0.846. The maximum Gasteiger partial charge on any atom is 0.360 e. The Kier molecular flexibility index (Phi) is 4.82. The Labute approximate surface area is 115 Å². The van der Waals surface area contributed by atoms with E-state index in [0.717, 1.165) is 12.3 Å². The Bertz CT molecular complexity index is 416. The van der Waals surface area contributed by atoms with Gasteiger partial charge in [0.25, 0.3) is 0 Å². The molecule has 1 atom stereocenters. The first-order chi connectivity index (χ1) is 8.72. The van der Waals surface area contributed by atoms with E-state index in [1.54, 1.807) is 13.3 Å². The molecule has 18 heavy (non-hydrogen) atoms. The first-order valence-electron chi connectivity index (χ1n) is 5.89. The molecule has 7 heteroatoms. The normalized spacial score (nSPS) is 19.7. The number of nitrogens with zero attached hydrogens (tertiary/aromatic N) is 2. The van der Waals surface area contributed by atoms with Gasteiger partial charge in [-0.25, -0.2) is 9.78 Å². The van der Waals surface area contributed by atoms with E-state index in [0.29, 0.717) is 17.7 Å². The zero-order chi connectivity index (χ0) is 13.0. The Morgan fingerprint density at radius 3 is 3.17 bits per heavy atom. The first-order valence-corrected chi connectivity index (χ1v) is 8.09. The van der Waals surface area contributed by atoms with Crippen molar-refractivity contribution in [2.75, 3.05) is 29.6 Å². The number of anilines is 1. The lowest BCUT2D eigenvalue weighted by atomic mass is 10.4. The van der Waals surface area contributed by atoms with Gasteiger partial charge in [0.15, 0.2) is 5.69 Å². The van der Waals surface area contributed by atoms with Gasteiger partial charge in [-0.15, -0.1) is 0 Å². The highest BCUT2D eigenvalue weighted by Gasteiger charge is 2.20. The van der Waals surface area contributed by atoms with Gasteiger partial charge in [-0.2, -0.15) is 23.5 Å². The number of hydrogen-bond acceptors (Lipinski definition) is 6. The molecule has 0 aromatic carbocycles. The Balaban J connectivity index is 2.03. The molecule has 5 nitrogen and oxygen atoms in total. The van der Waals surface area contributed by atoms with E-state index in [1.807, 2.05) is 28.1 Å². The van der Waals surface area contributed by atoms with Crippen molar-refractivity contribution in [3.63, 3.8) is 0 Å². The van der Waals surface area contributed by atoms with Crippen LogP contribution in [0.15, 0.2) is 6.33 Å². The number of nitrogen functional groups attached to an aromatic ring is 1. The fourth-order valence-electron chi connectivity index (χ4n) is 1.76. The molecule has 1 aromatic heterocycles. The van der Waals surface area contributed by atoms with Gasteiger partial charge in [0.05, 0.1) is 12.9 Å². The molecule has 2 heterocycles. The summed E-state index contributed by atoms with van der Waals surface area (Å²) in [6.45, 7) is 2.90.